The smallest absolute Gasteiger partial charge is 0.335 e. The number of esters is 2. The molecule has 0 N–H and O–H groups in total. The molecule has 0 fully saturated rings. The lowest BCUT2D eigenvalue weighted by atomic mass is 9.92. The second kappa shape index (κ2) is 7.61. The molecule has 2 bridgehead atoms. The summed E-state index contributed by atoms with van der Waals surface area (Å²) < 4.78 is 10.7. The van der Waals surface area contributed by atoms with Gasteiger partial charge in [-0.1, -0.05) is 38.3 Å². The van der Waals surface area contributed by atoms with Crippen LogP contribution in [0.5, 0.6) is 0 Å². The predicted molar refractivity (Wildman–Crippen MR) is 84.1 cm³/mol. The number of hydrogen-bond acceptors (Lipinski definition) is 4. The van der Waals surface area contributed by atoms with E-state index < -0.39 is 0 Å². The van der Waals surface area contributed by atoms with E-state index in [1.807, 2.05) is 20.8 Å². The molecule has 0 aromatic heterocycles. The molecule has 2 unspecified atom stereocenters. The van der Waals surface area contributed by atoms with Gasteiger partial charge in [0.1, 0.15) is 0 Å². The molecule has 0 saturated heterocycles. The third-order valence-electron chi connectivity index (χ3n) is 4.41. The molecular weight excluding hydrogens is 280 g/mol. The number of carbonyl (C=O) groups excluding carboxylic acids is 2. The van der Waals surface area contributed by atoms with E-state index in [2.05, 4.69) is 6.08 Å². The van der Waals surface area contributed by atoms with Crippen LogP contribution in [0.3, 0.4) is 0 Å². The van der Waals surface area contributed by atoms with Crippen LogP contribution in [0.15, 0.2) is 22.8 Å². The molecule has 0 radical (unpaired) electrons. The maximum Gasteiger partial charge on any atom is 0.335 e. The van der Waals surface area contributed by atoms with Crippen molar-refractivity contribution >= 4 is 11.9 Å². The van der Waals surface area contributed by atoms with Gasteiger partial charge in [0.15, 0.2) is 0 Å². The fourth-order valence-electron chi connectivity index (χ4n) is 3.16. The predicted octanol–water partition coefficient (Wildman–Crippen LogP) is 3.57. The average molecular weight is 306 g/mol. The summed E-state index contributed by atoms with van der Waals surface area (Å²) in [6.45, 7) is 6.94. The quantitative estimate of drug-likeness (QED) is 0.391. The van der Waals surface area contributed by atoms with Gasteiger partial charge in [0.2, 0.25) is 0 Å². The maximum atomic E-state index is 12.4. The number of allylic oxidation sites excluding steroid dienone is 2. The van der Waals surface area contributed by atoms with E-state index in [1.54, 1.807) is 0 Å². The molecule has 4 nitrogen and oxygen atoms in total. The van der Waals surface area contributed by atoms with Gasteiger partial charge in [0.25, 0.3) is 0 Å². The fourth-order valence-corrected chi connectivity index (χ4v) is 3.16. The van der Waals surface area contributed by atoms with E-state index in [9.17, 15) is 9.59 Å². The summed E-state index contributed by atoms with van der Waals surface area (Å²) in [6, 6.07) is 0. The molecule has 0 amide bonds. The van der Waals surface area contributed by atoms with Gasteiger partial charge in [-0.15, -0.1) is 0 Å². The van der Waals surface area contributed by atoms with Gasteiger partial charge in [-0.3, -0.25) is 0 Å². The van der Waals surface area contributed by atoms with E-state index in [1.165, 1.54) is 0 Å². The Bertz CT molecular complexity index is 501. The topological polar surface area (TPSA) is 52.6 Å². The molecule has 122 valence electrons. The van der Waals surface area contributed by atoms with Crippen molar-refractivity contribution in [1.29, 1.82) is 0 Å². The van der Waals surface area contributed by atoms with Crippen LogP contribution >= 0.6 is 0 Å². The molecule has 2 aliphatic carbocycles. The van der Waals surface area contributed by atoms with Crippen molar-refractivity contribution in [2.75, 3.05) is 13.2 Å². The molecule has 0 aliphatic heterocycles. The van der Waals surface area contributed by atoms with Gasteiger partial charge < -0.3 is 9.47 Å². The van der Waals surface area contributed by atoms with Crippen LogP contribution in [0.2, 0.25) is 0 Å². The van der Waals surface area contributed by atoms with Crippen molar-refractivity contribution in [1.82, 2.24) is 0 Å². The number of ether oxygens (including phenoxy) is 2. The van der Waals surface area contributed by atoms with Crippen molar-refractivity contribution < 1.29 is 19.1 Å². The lowest BCUT2D eigenvalue weighted by Crippen LogP contribution is -2.21. The minimum Gasteiger partial charge on any atom is -0.462 e. The Morgan fingerprint density at radius 3 is 2.14 bits per heavy atom. The van der Waals surface area contributed by atoms with Crippen molar-refractivity contribution in [3.05, 3.63) is 22.8 Å². The maximum absolute atomic E-state index is 12.4. The highest BCUT2D eigenvalue weighted by molar-refractivity contribution is 6.03. The van der Waals surface area contributed by atoms with Gasteiger partial charge in [-0.25, -0.2) is 9.59 Å². The minimum absolute atomic E-state index is 0.0212. The molecule has 0 aromatic carbocycles. The highest BCUT2D eigenvalue weighted by Crippen LogP contribution is 2.48. The second-order valence-electron chi connectivity index (χ2n) is 6.11. The first kappa shape index (κ1) is 16.8. The summed E-state index contributed by atoms with van der Waals surface area (Å²) in [7, 11) is 0. The van der Waals surface area contributed by atoms with E-state index in [0.29, 0.717) is 24.4 Å². The third kappa shape index (κ3) is 3.42. The Labute approximate surface area is 132 Å². The standard InChI is InChI=1S/C18H26O4/c1-4-6-8-21-17(19)15-13-10-12(3)14(11-13)16(15)18(20)22-9-7-5-2/h10,13-14H,4-9,11H2,1-3H3. The summed E-state index contributed by atoms with van der Waals surface area (Å²) in [5, 5.41) is 0. The largest absolute Gasteiger partial charge is 0.462 e. The van der Waals surface area contributed by atoms with E-state index in [0.717, 1.165) is 37.7 Å². The fraction of sp³-hybridized carbons (Fsp3) is 0.667. The molecule has 0 heterocycles. The van der Waals surface area contributed by atoms with Crippen LogP contribution in [-0.2, 0) is 19.1 Å². The molecule has 2 aliphatic rings. The molecule has 2 rings (SSSR count). The zero-order valence-electron chi connectivity index (χ0n) is 13.8. The van der Waals surface area contributed by atoms with Gasteiger partial charge in [0.05, 0.1) is 24.4 Å². The Kier molecular flexibility index (Phi) is 5.81. The monoisotopic (exact) mass is 306 g/mol. The second-order valence-corrected chi connectivity index (χ2v) is 6.11. The molecule has 0 aromatic rings. The molecule has 22 heavy (non-hydrogen) atoms. The van der Waals surface area contributed by atoms with E-state index >= 15 is 0 Å². The van der Waals surface area contributed by atoms with Crippen molar-refractivity contribution in [3.63, 3.8) is 0 Å². The SMILES string of the molecule is CCCCOC(=O)C1=C(C(=O)OCCCC)C2CC1C=C2C. The van der Waals surface area contributed by atoms with Gasteiger partial charge in [0, 0.05) is 11.8 Å². The van der Waals surface area contributed by atoms with Gasteiger partial charge >= 0.3 is 11.9 Å². The average Bonchev–Trinajstić information content (AvgIpc) is 3.04. The summed E-state index contributed by atoms with van der Waals surface area (Å²) in [6.07, 6.45) is 6.54. The lowest BCUT2D eigenvalue weighted by Gasteiger charge is -2.17. The number of hydrogen-bond donors (Lipinski definition) is 0. The summed E-state index contributed by atoms with van der Waals surface area (Å²) >= 11 is 0. The highest BCUT2D eigenvalue weighted by Gasteiger charge is 2.45. The Morgan fingerprint density at radius 2 is 1.59 bits per heavy atom. The van der Waals surface area contributed by atoms with Crippen LogP contribution in [-0.4, -0.2) is 25.2 Å². The van der Waals surface area contributed by atoms with Crippen LogP contribution in [0.4, 0.5) is 0 Å². The lowest BCUT2D eigenvalue weighted by molar-refractivity contribution is -0.142. The van der Waals surface area contributed by atoms with Crippen molar-refractivity contribution in [2.45, 2.75) is 52.9 Å². The number of fused-ring (bicyclic) bond motifs is 2. The Balaban J connectivity index is 2.12. The first-order valence-corrected chi connectivity index (χ1v) is 8.36. The van der Waals surface area contributed by atoms with Crippen molar-refractivity contribution in [2.24, 2.45) is 11.8 Å². The minimum atomic E-state index is -0.341. The van der Waals surface area contributed by atoms with Crippen LogP contribution in [0.1, 0.15) is 52.9 Å². The number of rotatable bonds is 8. The van der Waals surface area contributed by atoms with Crippen molar-refractivity contribution in [3.8, 4) is 0 Å². The van der Waals surface area contributed by atoms with Crippen LogP contribution < -0.4 is 0 Å². The zero-order chi connectivity index (χ0) is 16.1. The summed E-state index contributed by atoms with van der Waals surface area (Å²) in [5.74, 6) is -0.622. The molecule has 2 atom stereocenters. The number of unbranched alkanes of at least 4 members (excludes halogenated alkanes) is 2. The normalized spacial score (nSPS) is 22.8. The van der Waals surface area contributed by atoms with Crippen LogP contribution in [0, 0.1) is 11.8 Å². The first-order chi connectivity index (χ1) is 10.6. The molecule has 4 heteroatoms. The van der Waals surface area contributed by atoms with Gasteiger partial charge in [-0.2, -0.15) is 0 Å². The number of carbonyl (C=O) groups is 2. The first-order valence-electron chi connectivity index (χ1n) is 8.36. The molecular formula is C18H26O4. The third-order valence-corrected chi connectivity index (χ3v) is 4.41. The van der Waals surface area contributed by atoms with Crippen LogP contribution in [0.25, 0.3) is 0 Å². The summed E-state index contributed by atoms with van der Waals surface area (Å²) in [4.78, 5) is 24.7. The highest BCUT2D eigenvalue weighted by atomic mass is 16.5. The summed E-state index contributed by atoms with van der Waals surface area (Å²) in [5.41, 5.74) is 2.24. The Morgan fingerprint density at radius 1 is 1.05 bits per heavy atom. The van der Waals surface area contributed by atoms with E-state index in [-0.39, 0.29) is 23.8 Å². The van der Waals surface area contributed by atoms with Gasteiger partial charge in [-0.05, 0) is 26.2 Å². The van der Waals surface area contributed by atoms with E-state index in [4.69, 9.17) is 9.47 Å². The molecule has 0 saturated carbocycles. The molecule has 0 spiro atoms. The zero-order valence-corrected chi connectivity index (χ0v) is 13.8. The Hall–Kier alpha value is -1.58.